The Morgan fingerprint density at radius 1 is 1.17 bits per heavy atom. The fourth-order valence-electron chi connectivity index (χ4n) is 5.95. The van der Waals surface area contributed by atoms with E-state index in [-0.39, 0.29) is 22.0 Å². The van der Waals surface area contributed by atoms with Gasteiger partial charge in [-0.3, -0.25) is 9.59 Å². The second-order valence-corrected chi connectivity index (χ2v) is 12.1. The van der Waals surface area contributed by atoms with Crippen LogP contribution in [0.1, 0.15) is 76.9 Å². The van der Waals surface area contributed by atoms with Gasteiger partial charge in [0.15, 0.2) is 0 Å². The Balaban J connectivity index is 1.79. The second kappa shape index (κ2) is 12.0. The van der Waals surface area contributed by atoms with E-state index in [0.29, 0.717) is 51.3 Å². The Labute approximate surface area is 250 Å². The molecule has 2 atom stereocenters. The summed E-state index contributed by atoms with van der Waals surface area (Å²) in [6.07, 6.45) is -0.277. The van der Waals surface area contributed by atoms with Crippen LogP contribution in [0.25, 0.3) is 11.1 Å². The third-order valence-corrected chi connectivity index (χ3v) is 9.79. The summed E-state index contributed by atoms with van der Waals surface area (Å²) in [5.41, 5.74) is 11.1. The zero-order valence-electron chi connectivity index (χ0n) is 22.4. The summed E-state index contributed by atoms with van der Waals surface area (Å²) in [5.74, 6) is -1.99. The molecular weight excluding hydrogens is 594 g/mol. The number of unbranched alkanes of at least 4 members (excludes halogenated alkanes) is 1. The lowest BCUT2D eigenvalue weighted by Crippen LogP contribution is -2.47. The summed E-state index contributed by atoms with van der Waals surface area (Å²) < 4.78 is 39.4. The van der Waals surface area contributed by atoms with Crippen molar-refractivity contribution in [1.29, 1.82) is 0 Å². The number of carbonyl (C=O) groups is 2. The van der Waals surface area contributed by atoms with Crippen LogP contribution >= 0.6 is 34.5 Å². The number of alkyl halides is 3. The lowest BCUT2D eigenvalue weighted by atomic mass is 9.85. The predicted molar refractivity (Wildman–Crippen MR) is 158 cm³/mol. The van der Waals surface area contributed by atoms with E-state index in [1.54, 1.807) is 23.6 Å². The number of ketones is 1. The van der Waals surface area contributed by atoms with Crippen LogP contribution in [0.15, 0.2) is 35.7 Å². The topological polar surface area (TPSA) is 75.4 Å². The normalized spacial score (nSPS) is 18.3. The van der Waals surface area contributed by atoms with Crippen molar-refractivity contribution in [3.8, 4) is 11.1 Å². The standard InChI is InChI=1S/C30H30Cl2F3N3O2S/c1-2-3-8-18-23-19(16-9-4-5-10-17(16)24(23)29(40)37-15-30(33,34)35)13-20(26(18)38-12-7-6-11-22(38)36)27(39)28-25(32)21(31)14-41-28/h4-5,9-10,13-14,22,24H,2-3,6-8,11-12,15,36H2,1H3,(H,37,40). The van der Waals surface area contributed by atoms with Gasteiger partial charge in [0, 0.05) is 17.5 Å². The van der Waals surface area contributed by atoms with Gasteiger partial charge < -0.3 is 16.0 Å². The fourth-order valence-corrected chi connectivity index (χ4v) is 7.34. The number of fused-ring (bicyclic) bond motifs is 3. The van der Waals surface area contributed by atoms with E-state index >= 15 is 0 Å². The molecule has 41 heavy (non-hydrogen) atoms. The summed E-state index contributed by atoms with van der Waals surface area (Å²) in [7, 11) is 0. The van der Waals surface area contributed by atoms with Gasteiger partial charge in [-0.2, -0.15) is 13.2 Å². The minimum absolute atomic E-state index is 0.177. The number of nitrogens with zero attached hydrogens (tertiary/aromatic N) is 1. The molecule has 1 aliphatic heterocycles. The lowest BCUT2D eigenvalue weighted by molar-refractivity contribution is -0.138. The van der Waals surface area contributed by atoms with Gasteiger partial charge in [0.05, 0.1) is 32.7 Å². The highest BCUT2D eigenvalue weighted by atomic mass is 35.5. The number of piperidine rings is 1. The Morgan fingerprint density at radius 3 is 2.59 bits per heavy atom. The van der Waals surface area contributed by atoms with Gasteiger partial charge in [0.1, 0.15) is 6.54 Å². The molecule has 5 nitrogen and oxygen atoms in total. The zero-order valence-corrected chi connectivity index (χ0v) is 24.7. The highest BCUT2D eigenvalue weighted by Crippen LogP contribution is 2.51. The second-order valence-electron chi connectivity index (χ2n) is 10.5. The summed E-state index contributed by atoms with van der Waals surface area (Å²) in [4.78, 5) is 30.1. The average Bonchev–Trinajstić information content (AvgIpc) is 3.46. The van der Waals surface area contributed by atoms with Crippen molar-refractivity contribution in [1.82, 2.24) is 5.32 Å². The fraction of sp³-hybridized carbons (Fsp3) is 0.400. The number of hydrogen-bond acceptors (Lipinski definition) is 5. The molecule has 0 radical (unpaired) electrons. The zero-order chi connectivity index (χ0) is 29.5. The number of benzene rings is 2. The van der Waals surface area contributed by atoms with Crippen molar-refractivity contribution in [3.63, 3.8) is 0 Å². The minimum atomic E-state index is -4.55. The van der Waals surface area contributed by atoms with E-state index in [9.17, 15) is 22.8 Å². The van der Waals surface area contributed by atoms with Crippen LogP contribution in [0.4, 0.5) is 18.9 Å². The number of hydrogen-bond donors (Lipinski definition) is 2. The molecule has 0 saturated carbocycles. The van der Waals surface area contributed by atoms with Crippen molar-refractivity contribution in [2.45, 2.75) is 63.7 Å². The number of thiophene rings is 1. The first kappa shape index (κ1) is 29.9. The molecule has 0 bridgehead atoms. The lowest BCUT2D eigenvalue weighted by Gasteiger charge is -2.38. The molecule has 1 aliphatic carbocycles. The average molecular weight is 625 g/mol. The van der Waals surface area contributed by atoms with E-state index in [1.165, 1.54) is 0 Å². The first-order valence-electron chi connectivity index (χ1n) is 13.7. The molecule has 11 heteroatoms. The first-order valence-corrected chi connectivity index (χ1v) is 15.3. The maximum absolute atomic E-state index is 14.2. The van der Waals surface area contributed by atoms with E-state index < -0.39 is 24.5 Å². The van der Waals surface area contributed by atoms with Gasteiger partial charge in [-0.05, 0) is 66.0 Å². The molecule has 1 amide bonds. The number of nitrogens with two attached hydrogens (primary N) is 1. The SMILES string of the molecule is CCCCc1c2c(cc(C(=O)c3scc(Cl)c3Cl)c1N1CCCCC1N)-c1ccccc1C2C(=O)NCC(F)(F)F. The number of rotatable bonds is 8. The molecule has 5 rings (SSSR count). The van der Waals surface area contributed by atoms with E-state index in [2.05, 4.69) is 5.32 Å². The largest absolute Gasteiger partial charge is 0.405 e. The van der Waals surface area contributed by atoms with Crippen LogP contribution in [0.3, 0.4) is 0 Å². The van der Waals surface area contributed by atoms with Crippen molar-refractivity contribution in [3.05, 3.63) is 72.9 Å². The van der Waals surface area contributed by atoms with Gasteiger partial charge in [-0.25, -0.2) is 0 Å². The quantitative estimate of drug-likeness (QED) is 0.252. The molecule has 1 saturated heterocycles. The summed E-state index contributed by atoms with van der Waals surface area (Å²) >= 11 is 13.8. The summed E-state index contributed by atoms with van der Waals surface area (Å²) in [6.45, 7) is 1.22. The highest BCUT2D eigenvalue weighted by Gasteiger charge is 2.41. The van der Waals surface area contributed by atoms with Crippen molar-refractivity contribution < 1.29 is 22.8 Å². The molecule has 218 valence electrons. The molecule has 2 unspecified atom stereocenters. The molecule has 2 heterocycles. The molecule has 1 fully saturated rings. The third kappa shape index (κ3) is 5.74. The van der Waals surface area contributed by atoms with Crippen molar-refractivity contribution >= 4 is 51.9 Å². The van der Waals surface area contributed by atoms with Gasteiger partial charge in [0.25, 0.3) is 0 Å². The molecule has 2 aromatic carbocycles. The monoisotopic (exact) mass is 623 g/mol. The first-order chi connectivity index (χ1) is 19.5. The van der Waals surface area contributed by atoms with Crippen LogP contribution in [0.5, 0.6) is 0 Å². The molecule has 0 spiro atoms. The van der Waals surface area contributed by atoms with Crippen LogP contribution in [0.2, 0.25) is 10.0 Å². The number of nitrogens with one attached hydrogen (secondary N) is 1. The summed E-state index contributed by atoms with van der Waals surface area (Å²) in [6, 6.07) is 8.95. The molecule has 3 aromatic rings. The number of amides is 1. The van der Waals surface area contributed by atoms with Gasteiger partial charge >= 0.3 is 6.18 Å². The molecule has 1 aromatic heterocycles. The van der Waals surface area contributed by atoms with E-state index in [0.717, 1.165) is 49.0 Å². The third-order valence-electron chi connectivity index (χ3n) is 7.78. The van der Waals surface area contributed by atoms with E-state index in [4.69, 9.17) is 28.9 Å². The van der Waals surface area contributed by atoms with Gasteiger partial charge in [-0.1, -0.05) is 60.8 Å². The van der Waals surface area contributed by atoms with Crippen LogP contribution in [0, 0.1) is 0 Å². The van der Waals surface area contributed by atoms with E-state index in [1.807, 2.05) is 24.0 Å². The molecular formula is C30H30Cl2F3N3O2S. The van der Waals surface area contributed by atoms with Crippen LogP contribution in [-0.2, 0) is 11.2 Å². The van der Waals surface area contributed by atoms with Crippen molar-refractivity contribution in [2.24, 2.45) is 5.73 Å². The van der Waals surface area contributed by atoms with Crippen LogP contribution < -0.4 is 16.0 Å². The number of carbonyl (C=O) groups excluding carboxylic acids is 2. The smallest absolute Gasteiger partial charge is 0.355 e. The summed E-state index contributed by atoms with van der Waals surface area (Å²) in [5, 5.41) is 4.19. The Hall–Kier alpha value is -2.59. The van der Waals surface area contributed by atoms with Gasteiger partial charge in [0.2, 0.25) is 11.7 Å². The Bertz CT molecular complexity index is 1490. The highest BCUT2D eigenvalue weighted by molar-refractivity contribution is 7.13. The maximum Gasteiger partial charge on any atom is 0.405 e. The number of anilines is 1. The Kier molecular flexibility index (Phi) is 8.71. The molecule has 3 N–H and O–H groups in total. The predicted octanol–water partition coefficient (Wildman–Crippen LogP) is 7.69. The Morgan fingerprint density at radius 2 is 1.93 bits per heavy atom. The number of halogens is 5. The van der Waals surface area contributed by atoms with Gasteiger partial charge in [-0.15, -0.1) is 11.3 Å². The maximum atomic E-state index is 14.2. The minimum Gasteiger partial charge on any atom is -0.355 e. The van der Waals surface area contributed by atoms with Crippen molar-refractivity contribution in [2.75, 3.05) is 18.0 Å². The molecule has 2 aliphatic rings. The van der Waals surface area contributed by atoms with Crippen LogP contribution in [-0.4, -0.2) is 37.1 Å².